The van der Waals surface area contributed by atoms with E-state index in [1.165, 1.54) is 5.56 Å². The SMILES string of the molecule is CC[C@]1(C2=NC(C)(C)CO2)O[C@H]1c1ccccc1Br. The van der Waals surface area contributed by atoms with Gasteiger partial charge >= 0.3 is 0 Å². The number of epoxide rings is 1. The Morgan fingerprint density at radius 1 is 1.37 bits per heavy atom. The van der Waals surface area contributed by atoms with Gasteiger partial charge in [-0.1, -0.05) is 41.1 Å². The lowest BCUT2D eigenvalue weighted by atomic mass is 9.96. The molecule has 0 bridgehead atoms. The van der Waals surface area contributed by atoms with Gasteiger partial charge < -0.3 is 9.47 Å². The summed E-state index contributed by atoms with van der Waals surface area (Å²) in [6.45, 7) is 6.92. The molecule has 3 nitrogen and oxygen atoms in total. The van der Waals surface area contributed by atoms with Crippen LogP contribution in [0.15, 0.2) is 33.7 Å². The smallest absolute Gasteiger partial charge is 0.220 e. The molecule has 0 N–H and O–H groups in total. The van der Waals surface area contributed by atoms with Crippen LogP contribution in [0.25, 0.3) is 0 Å². The number of benzene rings is 1. The normalized spacial score (nSPS) is 31.8. The largest absolute Gasteiger partial charge is 0.476 e. The van der Waals surface area contributed by atoms with Crippen LogP contribution in [0.4, 0.5) is 0 Å². The van der Waals surface area contributed by atoms with Crippen LogP contribution >= 0.6 is 15.9 Å². The third kappa shape index (κ3) is 2.11. The van der Waals surface area contributed by atoms with Crippen molar-refractivity contribution in [3.05, 3.63) is 34.3 Å². The Bertz CT molecular complexity index is 541. The minimum absolute atomic E-state index is 0.0423. The van der Waals surface area contributed by atoms with Crippen LogP contribution in [-0.4, -0.2) is 23.6 Å². The van der Waals surface area contributed by atoms with Crippen molar-refractivity contribution in [2.24, 2.45) is 4.99 Å². The first-order valence-corrected chi connectivity index (χ1v) is 7.43. The Hall–Kier alpha value is -0.870. The molecule has 2 atom stereocenters. The molecule has 1 fully saturated rings. The fraction of sp³-hybridized carbons (Fsp3) is 0.533. The van der Waals surface area contributed by atoms with Crippen LogP contribution in [-0.2, 0) is 9.47 Å². The van der Waals surface area contributed by atoms with Crippen LogP contribution < -0.4 is 0 Å². The molecular formula is C15H18BrNO2. The first kappa shape index (κ1) is 13.1. The van der Waals surface area contributed by atoms with Crippen molar-refractivity contribution >= 4 is 21.8 Å². The second-order valence-electron chi connectivity index (χ2n) is 5.78. The maximum atomic E-state index is 6.01. The molecule has 1 aromatic carbocycles. The molecule has 0 unspecified atom stereocenters. The maximum Gasteiger partial charge on any atom is 0.220 e. The Morgan fingerprint density at radius 3 is 2.68 bits per heavy atom. The molecule has 19 heavy (non-hydrogen) atoms. The summed E-state index contributed by atoms with van der Waals surface area (Å²) >= 11 is 3.59. The molecule has 4 heteroatoms. The summed E-state index contributed by atoms with van der Waals surface area (Å²) in [6, 6.07) is 8.17. The molecule has 0 amide bonds. The monoisotopic (exact) mass is 323 g/mol. The Morgan fingerprint density at radius 2 is 2.11 bits per heavy atom. The van der Waals surface area contributed by atoms with E-state index in [1.54, 1.807) is 0 Å². The minimum Gasteiger partial charge on any atom is -0.476 e. The van der Waals surface area contributed by atoms with Crippen LogP contribution in [0.3, 0.4) is 0 Å². The topological polar surface area (TPSA) is 34.1 Å². The van der Waals surface area contributed by atoms with Gasteiger partial charge in [-0.3, -0.25) is 0 Å². The molecule has 3 rings (SSSR count). The number of hydrogen-bond donors (Lipinski definition) is 0. The maximum absolute atomic E-state index is 6.01. The molecule has 0 aliphatic carbocycles. The van der Waals surface area contributed by atoms with Crippen LogP contribution in [0.2, 0.25) is 0 Å². The lowest BCUT2D eigenvalue weighted by Crippen LogP contribution is -2.25. The van der Waals surface area contributed by atoms with Gasteiger partial charge in [0, 0.05) is 4.47 Å². The van der Waals surface area contributed by atoms with E-state index in [-0.39, 0.29) is 17.2 Å². The summed E-state index contributed by atoms with van der Waals surface area (Å²) in [4.78, 5) is 4.68. The van der Waals surface area contributed by atoms with E-state index in [9.17, 15) is 0 Å². The van der Waals surface area contributed by atoms with Crippen molar-refractivity contribution in [1.29, 1.82) is 0 Å². The lowest BCUT2D eigenvalue weighted by Gasteiger charge is -2.10. The van der Waals surface area contributed by atoms with Crippen LogP contribution in [0, 0.1) is 0 Å². The second-order valence-corrected chi connectivity index (χ2v) is 6.63. The highest BCUT2D eigenvalue weighted by Crippen LogP contribution is 2.55. The standard InChI is InChI=1S/C15H18BrNO2/c1-4-15(13-17-14(2,3)9-18-13)12(19-15)10-7-5-6-8-11(10)16/h5-8,12H,4,9H2,1-3H3/t12-,15-/m0/s1. The van der Waals surface area contributed by atoms with E-state index in [0.29, 0.717) is 6.61 Å². The van der Waals surface area contributed by atoms with E-state index in [4.69, 9.17) is 9.47 Å². The van der Waals surface area contributed by atoms with Gasteiger partial charge in [0.25, 0.3) is 0 Å². The average molecular weight is 324 g/mol. The summed E-state index contributed by atoms with van der Waals surface area (Å²) in [5.41, 5.74) is 0.667. The molecule has 0 radical (unpaired) electrons. The van der Waals surface area contributed by atoms with E-state index in [0.717, 1.165) is 16.8 Å². The number of aliphatic imine (C=N–C) groups is 1. The summed E-state index contributed by atoms with van der Waals surface area (Å²) in [5.74, 6) is 0.765. The molecule has 2 heterocycles. The van der Waals surface area contributed by atoms with Gasteiger partial charge in [-0.25, -0.2) is 4.99 Å². The van der Waals surface area contributed by atoms with E-state index < -0.39 is 0 Å². The Balaban J connectivity index is 1.91. The van der Waals surface area contributed by atoms with Crippen molar-refractivity contribution < 1.29 is 9.47 Å². The van der Waals surface area contributed by atoms with Crippen molar-refractivity contribution in [3.63, 3.8) is 0 Å². The Labute approximate surface area is 122 Å². The first-order chi connectivity index (χ1) is 8.98. The van der Waals surface area contributed by atoms with Crippen molar-refractivity contribution in [3.8, 4) is 0 Å². The highest BCUT2D eigenvalue weighted by Gasteiger charge is 2.63. The van der Waals surface area contributed by atoms with E-state index in [2.05, 4.69) is 47.8 Å². The summed E-state index contributed by atoms with van der Waals surface area (Å²) < 4.78 is 12.9. The number of ether oxygens (including phenoxy) is 2. The summed E-state index contributed by atoms with van der Waals surface area (Å²) in [5, 5.41) is 0. The zero-order chi connectivity index (χ0) is 13.7. The zero-order valence-electron chi connectivity index (χ0n) is 11.4. The van der Waals surface area contributed by atoms with Gasteiger partial charge in [0.15, 0.2) is 5.60 Å². The van der Waals surface area contributed by atoms with Crippen molar-refractivity contribution in [2.45, 2.75) is 44.4 Å². The molecule has 2 aliphatic rings. The lowest BCUT2D eigenvalue weighted by molar-refractivity contribution is 0.244. The molecule has 0 saturated carbocycles. The molecule has 0 aromatic heterocycles. The van der Waals surface area contributed by atoms with Crippen molar-refractivity contribution in [2.75, 3.05) is 6.61 Å². The van der Waals surface area contributed by atoms with Gasteiger partial charge in [-0.2, -0.15) is 0 Å². The van der Waals surface area contributed by atoms with E-state index >= 15 is 0 Å². The third-order valence-electron chi connectivity index (χ3n) is 3.74. The van der Waals surface area contributed by atoms with Gasteiger partial charge in [0.1, 0.15) is 12.7 Å². The Kier molecular flexibility index (Phi) is 2.98. The van der Waals surface area contributed by atoms with Gasteiger partial charge in [0.2, 0.25) is 5.90 Å². The number of hydrogen-bond acceptors (Lipinski definition) is 3. The molecule has 0 spiro atoms. The molecule has 102 valence electrons. The molecule has 1 saturated heterocycles. The highest BCUT2D eigenvalue weighted by atomic mass is 79.9. The van der Waals surface area contributed by atoms with Crippen LogP contribution in [0.5, 0.6) is 0 Å². The number of halogens is 1. The first-order valence-electron chi connectivity index (χ1n) is 6.64. The highest BCUT2D eigenvalue weighted by molar-refractivity contribution is 9.10. The predicted molar refractivity (Wildman–Crippen MR) is 78.5 cm³/mol. The fourth-order valence-corrected chi connectivity index (χ4v) is 3.06. The van der Waals surface area contributed by atoms with Crippen LogP contribution in [0.1, 0.15) is 38.9 Å². The predicted octanol–water partition coefficient (Wildman–Crippen LogP) is 3.88. The quantitative estimate of drug-likeness (QED) is 0.791. The molecule has 2 aliphatic heterocycles. The summed E-state index contributed by atoms with van der Waals surface area (Å²) in [7, 11) is 0. The van der Waals surface area contributed by atoms with E-state index in [1.807, 2.05) is 18.2 Å². The minimum atomic E-state index is -0.363. The second kappa shape index (κ2) is 4.32. The van der Waals surface area contributed by atoms with Gasteiger partial charge in [0.05, 0.1) is 5.54 Å². The summed E-state index contributed by atoms with van der Waals surface area (Å²) in [6.07, 6.45) is 0.911. The van der Waals surface area contributed by atoms with Gasteiger partial charge in [-0.15, -0.1) is 0 Å². The van der Waals surface area contributed by atoms with Gasteiger partial charge in [-0.05, 0) is 31.9 Å². The number of rotatable bonds is 3. The zero-order valence-corrected chi connectivity index (χ0v) is 13.0. The fourth-order valence-electron chi connectivity index (χ4n) is 2.56. The molecular weight excluding hydrogens is 306 g/mol. The third-order valence-corrected chi connectivity index (χ3v) is 4.46. The van der Waals surface area contributed by atoms with Crippen molar-refractivity contribution in [1.82, 2.24) is 0 Å². The number of nitrogens with zero attached hydrogens (tertiary/aromatic N) is 1. The molecule has 1 aromatic rings. The average Bonchev–Trinajstić information content (AvgIpc) is 3.00.